The van der Waals surface area contributed by atoms with Gasteiger partial charge in [0.1, 0.15) is 0 Å². The summed E-state index contributed by atoms with van der Waals surface area (Å²) < 4.78 is 1.17. The van der Waals surface area contributed by atoms with Crippen LogP contribution in [0.4, 0.5) is 39.8 Å². The summed E-state index contributed by atoms with van der Waals surface area (Å²) in [5, 5.41) is 25.5. The summed E-state index contributed by atoms with van der Waals surface area (Å²) in [4.78, 5) is 5.78. The Morgan fingerprint density at radius 3 is 1.20 bits per heavy atom. The lowest BCUT2D eigenvalue weighted by Gasteiger charge is -2.22. The average molecular weight is 956 g/mol. The third-order valence-corrected chi connectivity index (χ3v) is 13.4. The zero-order chi connectivity index (χ0) is 38.4. The van der Waals surface area contributed by atoms with Crippen molar-refractivity contribution in [3.05, 3.63) is 188 Å². The number of nitrogen functional groups attached to an aromatic ring is 1. The molecule has 0 aliphatic heterocycles. The molecule has 0 radical (unpaired) electrons. The molecule has 0 amide bonds. The van der Waals surface area contributed by atoms with E-state index >= 15 is 0 Å². The molecule has 0 unspecified atom stereocenters. The molecule has 0 bridgehead atoms. The van der Waals surface area contributed by atoms with Crippen LogP contribution in [0, 0.1) is 0 Å². The number of benzene rings is 3. The minimum absolute atomic E-state index is 0.721. The highest BCUT2D eigenvalue weighted by Gasteiger charge is 2.16. The van der Waals surface area contributed by atoms with E-state index in [4.69, 9.17) is 40.5 Å². The van der Waals surface area contributed by atoms with E-state index in [1.165, 1.54) is 37.7 Å². The molecule has 0 spiro atoms. The molecule has 6 heterocycles. The lowest BCUT2D eigenvalue weighted by Crippen LogP contribution is -2.07. The second kappa shape index (κ2) is 21.2. The van der Waals surface area contributed by atoms with E-state index < -0.39 is 0 Å². The van der Waals surface area contributed by atoms with Gasteiger partial charge >= 0.3 is 0 Å². The first-order valence-electron chi connectivity index (χ1n) is 16.3. The Morgan fingerprint density at radius 2 is 0.836 bits per heavy atom. The zero-order valence-electron chi connectivity index (χ0n) is 28.7. The Morgan fingerprint density at radius 1 is 0.418 bits per heavy atom. The fraction of sp³-hybridized carbons (Fsp3) is 0. The van der Waals surface area contributed by atoms with E-state index in [1.807, 2.05) is 53.2 Å². The summed E-state index contributed by atoms with van der Waals surface area (Å²) in [5.74, 6) is 0. The predicted molar refractivity (Wildman–Crippen MR) is 255 cm³/mol. The SMILES string of the molecule is Brc1ccsc1.Clc1ccc(N(c2ccsc2)c2ccsc2)cc1.Clc1ccc(N(c2ccsc2)c2csc(-c3ccsc3)c2)cc1.Nc1ccc(Cl)cc1. The fourth-order valence-corrected chi connectivity index (χ4v) is 9.92. The maximum absolute atomic E-state index is 6.05. The standard InChI is InChI=1S/C18H12ClNS3.C14H10ClNS2.C6H6ClN.C4H3BrS/c19-14-1-3-15(4-2-14)20(16-6-8-22-11-16)17-9-18(23-12-17)13-5-7-21-10-13;15-11-1-3-12(4-2-11)16(13-5-7-17-9-13)14-6-8-18-10-14;7-5-1-3-6(8)4-2-5;5-4-1-2-6-3-4/h1-12H;1-10H;1-4H,8H2;1-3H. The normalized spacial score (nSPS) is 10.3. The first-order chi connectivity index (χ1) is 26.8. The van der Waals surface area contributed by atoms with Crippen molar-refractivity contribution >= 4 is 159 Å². The Bertz CT molecular complexity index is 2310. The van der Waals surface area contributed by atoms with Crippen LogP contribution in [0.25, 0.3) is 10.4 Å². The molecule has 6 aromatic heterocycles. The monoisotopic (exact) mass is 953 g/mol. The van der Waals surface area contributed by atoms with Gasteiger partial charge in [0, 0.05) is 73.9 Å². The molecule has 0 aliphatic rings. The van der Waals surface area contributed by atoms with Crippen LogP contribution in [0.1, 0.15) is 0 Å². The van der Waals surface area contributed by atoms with E-state index in [0.717, 1.165) is 32.1 Å². The van der Waals surface area contributed by atoms with Crippen LogP contribution in [0.5, 0.6) is 0 Å². The van der Waals surface area contributed by atoms with Crippen molar-refractivity contribution in [2.45, 2.75) is 0 Å². The molecule has 3 aromatic carbocycles. The molecule has 0 saturated carbocycles. The zero-order valence-corrected chi connectivity index (χ0v) is 37.4. The fourth-order valence-electron chi connectivity index (χ4n) is 4.94. The third kappa shape index (κ3) is 12.3. The highest BCUT2D eigenvalue weighted by molar-refractivity contribution is 9.10. The van der Waals surface area contributed by atoms with Crippen LogP contribution in [0.3, 0.4) is 0 Å². The number of nitrogens with zero attached hydrogens (tertiary/aromatic N) is 2. The predicted octanol–water partition coefficient (Wildman–Crippen LogP) is 18.0. The topological polar surface area (TPSA) is 32.5 Å². The largest absolute Gasteiger partial charge is 0.399 e. The summed E-state index contributed by atoms with van der Waals surface area (Å²) in [6.45, 7) is 0. The van der Waals surface area contributed by atoms with Crippen molar-refractivity contribution in [3.63, 3.8) is 0 Å². The maximum Gasteiger partial charge on any atom is 0.0575 e. The quantitative estimate of drug-likeness (QED) is 0.162. The molecule has 0 atom stereocenters. The summed E-state index contributed by atoms with van der Waals surface area (Å²) >= 11 is 31.1. The average Bonchev–Trinajstić information content (AvgIpc) is 4.05. The van der Waals surface area contributed by atoms with Gasteiger partial charge in [-0.3, -0.25) is 0 Å². The number of hydrogen-bond acceptors (Lipinski definition) is 9. The highest BCUT2D eigenvalue weighted by Crippen LogP contribution is 2.41. The Kier molecular flexibility index (Phi) is 15.9. The van der Waals surface area contributed by atoms with Crippen molar-refractivity contribution in [3.8, 4) is 10.4 Å². The summed E-state index contributed by atoms with van der Waals surface area (Å²) in [6, 6.07) is 35.8. The van der Waals surface area contributed by atoms with Crippen LogP contribution in [-0.2, 0) is 0 Å². The van der Waals surface area contributed by atoms with E-state index in [1.54, 1.807) is 92.3 Å². The van der Waals surface area contributed by atoms with Crippen molar-refractivity contribution in [2.24, 2.45) is 0 Å². The van der Waals surface area contributed by atoms with E-state index in [2.05, 4.69) is 117 Å². The van der Waals surface area contributed by atoms with Crippen LogP contribution in [0.2, 0.25) is 15.1 Å². The molecule has 0 fully saturated rings. The Labute approximate surface area is 368 Å². The Balaban J connectivity index is 0.000000141. The molecular weight excluding hydrogens is 925 g/mol. The molecule has 2 N–H and O–H groups in total. The molecule has 0 saturated heterocycles. The second-order valence-electron chi connectivity index (χ2n) is 11.2. The molecular formula is C42H31BrCl3N3S6. The maximum atomic E-state index is 6.05. The first kappa shape index (κ1) is 41.2. The highest BCUT2D eigenvalue weighted by atomic mass is 79.9. The van der Waals surface area contributed by atoms with E-state index in [0.29, 0.717) is 0 Å². The van der Waals surface area contributed by atoms with Crippen molar-refractivity contribution in [2.75, 3.05) is 15.5 Å². The number of halogens is 4. The van der Waals surface area contributed by atoms with Crippen molar-refractivity contribution < 1.29 is 0 Å². The summed E-state index contributed by atoms with van der Waals surface area (Å²) in [7, 11) is 0. The molecule has 0 aliphatic carbocycles. The van der Waals surface area contributed by atoms with Crippen molar-refractivity contribution in [1.82, 2.24) is 0 Å². The molecule has 13 heteroatoms. The third-order valence-electron chi connectivity index (χ3n) is 7.47. The van der Waals surface area contributed by atoms with Crippen LogP contribution in [-0.4, -0.2) is 0 Å². The lowest BCUT2D eigenvalue weighted by molar-refractivity contribution is 1.31. The number of anilines is 7. The van der Waals surface area contributed by atoms with Gasteiger partial charge in [-0.15, -0.1) is 11.3 Å². The first-order valence-corrected chi connectivity index (χ1v) is 23.8. The number of hydrogen-bond donors (Lipinski definition) is 1. The smallest absolute Gasteiger partial charge is 0.0575 e. The van der Waals surface area contributed by atoms with Gasteiger partial charge in [-0.2, -0.15) is 56.7 Å². The van der Waals surface area contributed by atoms with E-state index in [-0.39, 0.29) is 0 Å². The molecule has 3 nitrogen and oxygen atoms in total. The summed E-state index contributed by atoms with van der Waals surface area (Å²) in [5.41, 5.74) is 14.3. The number of rotatable bonds is 7. The molecule has 9 rings (SSSR count). The van der Waals surface area contributed by atoms with Gasteiger partial charge in [-0.25, -0.2) is 0 Å². The van der Waals surface area contributed by atoms with Crippen LogP contribution >= 0.6 is 119 Å². The summed E-state index contributed by atoms with van der Waals surface area (Å²) in [6.07, 6.45) is 0. The van der Waals surface area contributed by atoms with Crippen LogP contribution < -0.4 is 15.5 Å². The number of thiophene rings is 6. The second-order valence-corrected chi connectivity index (χ2v) is 18.3. The van der Waals surface area contributed by atoms with Gasteiger partial charge in [0.05, 0.1) is 22.7 Å². The van der Waals surface area contributed by atoms with Gasteiger partial charge in [0.2, 0.25) is 0 Å². The van der Waals surface area contributed by atoms with Crippen molar-refractivity contribution in [1.29, 1.82) is 0 Å². The van der Waals surface area contributed by atoms with Crippen LogP contribution in [0.15, 0.2) is 173 Å². The minimum atomic E-state index is 0.721. The Hall–Kier alpha value is -3.39. The molecule has 55 heavy (non-hydrogen) atoms. The van der Waals surface area contributed by atoms with Gasteiger partial charge in [0.25, 0.3) is 0 Å². The van der Waals surface area contributed by atoms with Gasteiger partial charge in [-0.05, 0) is 157 Å². The van der Waals surface area contributed by atoms with E-state index in [9.17, 15) is 0 Å². The minimum Gasteiger partial charge on any atom is -0.399 e. The van der Waals surface area contributed by atoms with Gasteiger partial charge < -0.3 is 15.5 Å². The molecule has 278 valence electrons. The number of nitrogens with two attached hydrogens (primary N) is 1. The molecule has 9 aromatic rings. The lowest BCUT2D eigenvalue weighted by atomic mass is 10.2. The van der Waals surface area contributed by atoms with Gasteiger partial charge in [-0.1, -0.05) is 34.8 Å². The van der Waals surface area contributed by atoms with Gasteiger partial charge in [0.15, 0.2) is 0 Å².